The lowest BCUT2D eigenvalue weighted by atomic mass is 10.3. The standard InChI is InChI=1S/C3H3FN2O5/c1-2(7)3(4,5(8)9)6(10)11/h1H3. The molecule has 0 fully saturated rings. The summed E-state index contributed by atoms with van der Waals surface area (Å²) in [6.07, 6.45) is 0. The first-order valence-electron chi connectivity index (χ1n) is 2.32. The zero-order chi connectivity index (χ0) is 9.23. The number of ketones is 1. The summed E-state index contributed by atoms with van der Waals surface area (Å²) in [4.78, 5) is 25.7. The second kappa shape index (κ2) is 2.56. The number of nitro groups is 2. The molecule has 8 heteroatoms. The SMILES string of the molecule is CC(=O)C(F)([N+](=O)[O-])[N+](=O)[O-]. The van der Waals surface area contributed by atoms with Gasteiger partial charge in [0.15, 0.2) is 0 Å². The van der Waals surface area contributed by atoms with Gasteiger partial charge in [0.1, 0.15) is 9.85 Å². The molecule has 0 saturated carbocycles. The molecule has 0 bridgehead atoms. The summed E-state index contributed by atoms with van der Waals surface area (Å²) in [5.41, 5.74) is 0. The minimum atomic E-state index is -4.19. The topological polar surface area (TPSA) is 103 Å². The highest BCUT2D eigenvalue weighted by atomic mass is 19.2. The average molecular weight is 166 g/mol. The van der Waals surface area contributed by atoms with Gasteiger partial charge in [0.2, 0.25) is 0 Å². The highest BCUT2D eigenvalue weighted by molar-refractivity contribution is 5.80. The van der Waals surface area contributed by atoms with Crippen LogP contribution in [0.5, 0.6) is 0 Å². The van der Waals surface area contributed by atoms with Gasteiger partial charge >= 0.3 is 11.7 Å². The summed E-state index contributed by atoms with van der Waals surface area (Å²) in [6.45, 7) is 0.436. The van der Waals surface area contributed by atoms with Gasteiger partial charge in [-0.05, 0) is 0 Å². The quantitative estimate of drug-likeness (QED) is 0.249. The van der Waals surface area contributed by atoms with E-state index in [1.807, 2.05) is 0 Å². The van der Waals surface area contributed by atoms with Crippen LogP contribution in [0, 0.1) is 20.2 Å². The van der Waals surface area contributed by atoms with Gasteiger partial charge in [-0.3, -0.25) is 25.0 Å². The lowest BCUT2D eigenvalue weighted by Crippen LogP contribution is -2.47. The van der Waals surface area contributed by atoms with Gasteiger partial charge in [-0.25, -0.2) is 0 Å². The number of rotatable bonds is 3. The lowest BCUT2D eigenvalue weighted by molar-refractivity contribution is -0.808. The molecular formula is C3H3FN2O5. The van der Waals surface area contributed by atoms with E-state index in [9.17, 15) is 29.4 Å². The Morgan fingerprint density at radius 3 is 1.64 bits per heavy atom. The minimum absolute atomic E-state index is 0.436. The molecule has 0 amide bonds. The van der Waals surface area contributed by atoms with Crippen LogP contribution < -0.4 is 0 Å². The number of hydrogen-bond acceptors (Lipinski definition) is 5. The van der Waals surface area contributed by atoms with Crippen molar-refractivity contribution in [3.8, 4) is 0 Å². The van der Waals surface area contributed by atoms with Crippen molar-refractivity contribution < 1.29 is 19.0 Å². The Morgan fingerprint density at radius 2 is 1.64 bits per heavy atom. The first-order chi connectivity index (χ1) is 4.83. The lowest BCUT2D eigenvalue weighted by Gasteiger charge is -2.01. The van der Waals surface area contributed by atoms with E-state index in [4.69, 9.17) is 0 Å². The molecule has 7 nitrogen and oxygen atoms in total. The number of hydrogen-bond donors (Lipinski definition) is 0. The van der Waals surface area contributed by atoms with Crippen LogP contribution in [0.4, 0.5) is 4.39 Å². The number of carbonyl (C=O) groups is 1. The third kappa shape index (κ3) is 1.28. The van der Waals surface area contributed by atoms with E-state index in [-0.39, 0.29) is 0 Å². The van der Waals surface area contributed by atoms with E-state index in [2.05, 4.69) is 0 Å². The number of nitrogens with zero attached hydrogens (tertiary/aromatic N) is 2. The molecule has 0 N–H and O–H groups in total. The first kappa shape index (κ1) is 9.40. The molecule has 62 valence electrons. The van der Waals surface area contributed by atoms with E-state index in [0.717, 1.165) is 0 Å². The van der Waals surface area contributed by atoms with Crippen LogP contribution in [-0.4, -0.2) is 21.5 Å². The third-order valence-electron chi connectivity index (χ3n) is 0.932. The summed E-state index contributed by atoms with van der Waals surface area (Å²) in [5, 5.41) is 19.3. The Hall–Kier alpha value is -1.60. The predicted molar refractivity (Wildman–Crippen MR) is 28.5 cm³/mol. The maximum Gasteiger partial charge on any atom is 0.676 e. The van der Waals surface area contributed by atoms with Crippen LogP contribution >= 0.6 is 0 Å². The average Bonchev–Trinajstić information content (AvgIpc) is 1.84. The van der Waals surface area contributed by atoms with Crippen LogP contribution in [-0.2, 0) is 4.79 Å². The van der Waals surface area contributed by atoms with Gasteiger partial charge < -0.3 is 0 Å². The fourth-order valence-corrected chi connectivity index (χ4v) is 0.324. The second-order valence-electron chi connectivity index (χ2n) is 1.66. The molecule has 0 aliphatic heterocycles. The molecule has 0 rings (SSSR count). The van der Waals surface area contributed by atoms with Gasteiger partial charge in [-0.2, -0.15) is 0 Å². The van der Waals surface area contributed by atoms with E-state index < -0.39 is 21.5 Å². The van der Waals surface area contributed by atoms with Gasteiger partial charge in [0.25, 0.3) is 0 Å². The van der Waals surface area contributed by atoms with Crippen molar-refractivity contribution in [3.63, 3.8) is 0 Å². The van der Waals surface area contributed by atoms with Crippen molar-refractivity contribution in [2.24, 2.45) is 0 Å². The Bertz CT molecular complexity index is 190. The van der Waals surface area contributed by atoms with E-state index >= 15 is 0 Å². The molecule has 11 heavy (non-hydrogen) atoms. The Labute approximate surface area is 59.1 Å². The number of halogens is 1. The third-order valence-corrected chi connectivity index (χ3v) is 0.932. The van der Waals surface area contributed by atoms with Crippen molar-refractivity contribution in [1.29, 1.82) is 0 Å². The van der Waals surface area contributed by atoms with Gasteiger partial charge in [0.05, 0.1) is 0 Å². The smallest absolute Gasteiger partial charge is 0.279 e. The molecule has 0 aromatic heterocycles. The summed E-state index contributed by atoms with van der Waals surface area (Å²) in [7, 11) is 0. The van der Waals surface area contributed by atoms with Crippen molar-refractivity contribution in [3.05, 3.63) is 20.2 Å². The zero-order valence-corrected chi connectivity index (χ0v) is 5.31. The molecule has 0 unspecified atom stereocenters. The van der Waals surface area contributed by atoms with E-state index in [1.54, 1.807) is 0 Å². The monoisotopic (exact) mass is 166 g/mol. The molecule has 0 radical (unpaired) electrons. The van der Waals surface area contributed by atoms with E-state index in [0.29, 0.717) is 6.92 Å². The van der Waals surface area contributed by atoms with Crippen molar-refractivity contribution >= 4 is 5.78 Å². The van der Waals surface area contributed by atoms with Crippen LogP contribution in [0.15, 0.2) is 0 Å². The normalized spacial score (nSPS) is 10.7. The molecule has 0 aliphatic carbocycles. The van der Waals surface area contributed by atoms with Gasteiger partial charge in [0, 0.05) is 6.92 Å². The Balaban J connectivity index is 4.99. The van der Waals surface area contributed by atoms with Crippen molar-refractivity contribution in [2.45, 2.75) is 12.8 Å². The Morgan fingerprint density at radius 1 is 1.36 bits per heavy atom. The molecule has 0 aliphatic rings. The molecular weight excluding hydrogens is 163 g/mol. The fraction of sp³-hybridized carbons (Fsp3) is 0.667. The number of carbonyl (C=O) groups excluding carboxylic acids is 1. The van der Waals surface area contributed by atoms with Gasteiger partial charge in [-0.15, -0.1) is 0 Å². The highest BCUT2D eigenvalue weighted by Gasteiger charge is 2.63. The first-order valence-corrected chi connectivity index (χ1v) is 2.32. The van der Waals surface area contributed by atoms with E-state index in [1.165, 1.54) is 0 Å². The number of alkyl halides is 1. The zero-order valence-electron chi connectivity index (χ0n) is 5.31. The Kier molecular flexibility index (Phi) is 2.19. The predicted octanol–water partition coefficient (Wildman–Crippen LogP) is -0.248. The molecule has 0 saturated heterocycles. The van der Waals surface area contributed by atoms with Gasteiger partial charge in [-0.1, -0.05) is 4.39 Å². The second-order valence-corrected chi connectivity index (χ2v) is 1.66. The molecule has 0 aromatic carbocycles. The highest BCUT2D eigenvalue weighted by Crippen LogP contribution is 2.13. The van der Waals surface area contributed by atoms with Crippen LogP contribution in [0.3, 0.4) is 0 Å². The molecule has 0 spiro atoms. The maximum absolute atomic E-state index is 12.4. The molecule has 0 heterocycles. The number of Topliss-reactive ketones (excluding diaryl/α,β-unsaturated/α-hetero) is 1. The molecule has 0 aromatic rings. The van der Waals surface area contributed by atoms with Crippen LogP contribution in [0.2, 0.25) is 0 Å². The summed E-state index contributed by atoms with van der Waals surface area (Å²) < 4.78 is 12.4. The summed E-state index contributed by atoms with van der Waals surface area (Å²) >= 11 is 0. The molecule has 0 atom stereocenters. The summed E-state index contributed by atoms with van der Waals surface area (Å²) in [6, 6.07) is 0. The summed E-state index contributed by atoms with van der Waals surface area (Å²) in [5.74, 6) is -5.95. The van der Waals surface area contributed by atoms with Crippen molar-refractivity contribution in [1.82, 2.24) is 0 Å². The fourth-order valence-electron chi connectivity index (χ4n) is 0.324. The van der Waals surface area contributed by atoms with Crippen LogP contribution in [0.25, 0.3) is 0 Å². The minimum Gasteiger partial charge on any atom is -0.279 e. The largest absolute Gasteiger partial charge is 0.676 e. The van der Waals surface area contributed by atoms with Crippen molar-refractivity contribution in [2.75, 3.05) is 0 Å². The van der Waals surface area contributed by atoms with Crippen LogP contribution in [0.1, 0.15) is 6.92 Å². The maximum atomic E-state index is 12.4.